The summed E-state index contributed by atoms with van der Waals surface area (Å²) in [5.74, 6) is 5.33. The number of amidine groups is 1. The number of hydrogen-bond acceptors (Lipinski definition) is 3. The van der Waals surface area contributed by atoms with Crippen molar-refractivity contribution in [2.75, 3.05) is 7.11 Å². The molecule has 0 rings (SSSR count). The number of ether oxygens (including phenoxy) is 1. The van der Waals surface area contributed by atoms with Gasteiger partial charge in [-0.25, -0.2) is 0 Å². The zero-order valence-electron chi connectivity index (χ0n) is 6.50. The number of methoxy groups -OCH3 is 1. The summed E-state index contributed by atoms with van der Waals surface area (Å²) in [6.45, 7) is 2.05. The van der Waals surface area contributed by atoms with Crippen LogP contribution in [0.5, 0.6) is 0 Å². The van der Waals surface area contributed by atoms with E-state index in [0.29, 0.717) is 5.84 Å². The first-order chi connectivity index (χ1) is 4.76. The largest absolute Gasteiger partial charge is 0.384 e. The Morgan fingerprint density at radius 1 is 1.70 bits per heavy atom. The third-order valence-electron chi connectivity index (χ3n) is 1.31. The second kappa shape index (κ2) is 5.05. The summed E-state index contributed by atoms with van der Waals surface area (Å²) < 4.78 is 5.01. The van der Waals surface area contributed by atoms with E-state index in [1.165, 1.54) is 0 Å². The molecule has 0 heterocycles. The molecule has 4 nitrogen and oxygen atoms in total. The van der Waals surface area contributed by atoms with Crippen LogP contribution in [0.2, 0.25) is 0 Å². The van der Waals surface area contributed by atoms with Crippen molar-refractivity contribution in [3.63, 3.8) is 0 Å². The van der Waals surface area contributed by atoms with E-state index in [1.807, 2.05) is 0 Å². The maximum atomic E-state index is 5.41. The first-order valence-electron chi connectivity index (χ1n) is 3.32. The van der Waals surface area contributed by atoms with Crippen LogP contribution in [-0.4, -0.2) is 19.0 Å². The molecule has 0 bridgehead atoms. The smallest absolute Gasteiger partial charge is 0.148 e. The molecule has 0 aliphatic heterocycles. The van der Waals surface area contributed by atoms with E-state index in [4.69, 9.17) is 16.3 Å². The number of nitrogens with zero attached hydrogens (tertiary/aromatic N) is 1. The van der Waals surface area contributed by atoms with Crippen LogP contribution in [-0.2, 0) is 4.74 Å². The lowest BCUT2D eigenvalue weighted by Gasteiger charge is -2.11. The first-order valence-corrected chi connectivity index (χ1v) is 3.32. The highest BCUT2D eigenvalue weighted by atomic mass is 16.5. The van der Waals surface area contributed by atoms with Gasteiger partial charge in [-0.15, -0.1) is 0 Å². The van der Waals surface area contributed by atoms with E-state index >= 15 is 0 Å². The SMILES string of the molecule is CCCC(OC)/C(N)=N/N. The summed E-state index contributed by atoms with van der Waals surface area (Å²) in [5.41, 5.74) is 5.41. The lowest BCUT2D eigenvalue weighted by atomic mass is 10.2. The molecule has 4 heteroatoms. The molecule has 0 aromatic rings. The fraction of sp³-hybridized carbons (Fsp3) is 0.833. The molecule has 10 heavy (non-hydrogen) atoms. The van der Waals surface area contributed by atoms with E-state index < -0.39 is 0 Å². The number of rotatable bonds is 4. The summed E-state index contributed by atoms with van der Waals surface area (Å²) >= 11 is 0. The zero-order valence-corrected chi connectivity index (χ0v) is 6.50. The quantitative estimate of drug-likeness (QED) is 0.254. The Morgan fingerprint density at radius 3 is 2.60 bits per heavy atom. The molecule has 1 atom stereocenters. The Morgan fingerprint density at radius 2 is 2.30 bits per heavy atom. The lowest BCUT2D eigenvalue weighted by Crippen LogP contribution is -2.31. The predicted octanol–water partition coefficient (Wildman–Crippen LogP) is 0.0324. The van der Waals surface area contributed by atoms with E-state index in [0.717, 1.165) is 12.8 Å². The van der Waals surface area contributed by atoms with Gasteiger partial charge in [0.2, 0.25) is 0 Å². The number of hydrogen-bond donors (Lipinski definition) is 2. The third-order valence-corrected chi connectivity index (χ3v) is 1.31. The minimum absolute atomic E-state index is 0.116. The highest BCUT2D eigenvalue weighted by Crippen LogP contribution is 1.99. The Hall–Kier alpha value is -0.770. The summed E-state index contributed by atoms with van der Waals surface area (Å²) in [6, 6.07) is 0. The minimum atomic E-state index is -0.116. The van der Waals surface area contributed by atoms with Crippen LogP contribution in [0.15, 0.2) is 5.10 Å². The van der Waals surface area contributed by atoms with Crippen LogP contribution in [0.4, 0.5) is 0 Å². The highest BCUT2D eigenvalue weighted by molar-refractivity contribution is 5.84. The van der Waals surface area contributed by atoms with Crippen LogP contribution < -0.4 is 11.6 Å². The van der Waals surface area contributed by atoms with Gasteiger partial charge in [0.05, 0.1) is 0 Å². The van der Waals surface area contributed by atoms with Crippen molar-refractivity contribution in [1.29, 1.82) is 0 Å². The molecule has 60 valence electrons. The Balaban J connectivity index is 3.80. The maximum Gasteiger partial charge on any atom is 0.148 e. The van der Waals surface area contributed by atoms with Crippen LogP contribution >= 0.6 is 0 Å². The maximum absolute atomic E-state index is 5.41. The van der Waals surface area contributed by atoms with Crippen LogP contribution in [0.1, 0.15) is 19.8 Å². The average molecular weight is 145 g/mol. The molecule has 0 spiro atoms. The van der Waals surface area contributed by atoms with Crippen molar-refractivity contribution < 1.29 is 4.74 Å². The highest BCUT2D eigenvalue weighted by Gasteiger charge is 2.09. The second-order valence-electron chi connectivity index (χ2n) is 2.07. The van der Waals surface area contributed by atoms with Crippen molar-refractivity contribution >= 4 is 5.84 Å². The lowest BCUT2D eigenvalue weighted by molar-refractivity contribution is 0.146. The molecule has 4 N–H and O–H groups in total. The van der Waals surface area contributed by atoms with Crippen molar-refractivity contribution in [1.82, 2.24) is 0 Å². The molecular weight excluding hydrogens is 130 g/mol. The molecule has 0 aromatic carbocycles. The fourth-order valence-electron chi connectivity index (χ4n) is 0.732. The predicted molar refractivity (Wildman–Crippen MR) is 41.5 cm³/mol. The standard InChI is InChI=1S/C6H15N3O/c1-3-4-5(10-2)6(7)9-8/h5H,3-4,8H2,1-2H3,(H2,7,9). The van der Waals surface area contributed by atoms with Crippen molar-refractivity contribution in [3.8, 4) is 0 Å². The molecule has 0 aliphatic carbocycles. The summed E-state index contributed by atoms with van der Waals surface area (Å²) in [4.78, 5) is 0. The van der Waals surface area contributed by atoms with E-state index in [9.17, 15) is 0 Å². The molecular formula is C6H15N3O. The Bertz CT molecular complexity index is 114. The molecule has 0 aliphatic rings. The summed E-state index contributed by atoms with van der Waals surface area (Å²) in [5, 5.41) is 3.35. The Kier molecular flexibility index (Phi) is 4.66. The van der Waals surface area contributed by atoms with Gasteiger partial charge >= 0.3 is 0 Å². The van der Waals surface area contributed by atoms with Crippen LogP contribution in [0.25, 0.3) is 0 Å². The molecule has 0 saturated carbocycles. The molecule has 0 amide bonds. The van der Waals surface area contributed by atoms with Gasteiger partial charge in [-0.3, -0.25) is 0 Å². The molecule has 0 saturated heterocycles. The van der Waals surface area contributed by atoms with Gasteiger partial charge < -0.3 is 16.3 Å². The number of hydrazone groups is 1. The zero-order chi connectivity index (χ0) is 7.98. The van der Waals surface area contributed by atoms with Gasteiger partial charge in [0, 0.05) is 7.11 Å². The van der Waals surface area contributed by atoms with Crippen LogP contribution in [0, 0.1) is 0 Å². The van der Waals surface area contributed by atoms with Gasteiger partial charge in [0.15, 0.2) is 0 Å². The van der Waals surface area contributed by atoms with E-state index in [2.05, 4.69) is 12.0 Å². The molecule has 0 radical (unpaired) electrons. The average Bonchev–Trinajstić information content (AvgIpc) is 1.99. The van der Waals surface area contributed by atoms with Crippen molar-refractivity contribution in [2.45, 2.75) is 25.9 Å². The van der Waals surface area contributed by atoms with Crippen molar-refractivity contribution in [2.24, 2.45) is 16.7 Å². The van der Waals surface area contributed by atoms with Gasteiger partial charge in [-0.1, -0.05) is 13.3 Å². The molecule has 0 aromatic heterocycles. The second-order valence-corrected chi connectivity index (χ2v) is 2.07. The van der Waals surface area contributed by atoms with Crippen molar-refractivity contribution in [3.05, 3.63) is 0 Å². The Labute approximate surface area is 61.2 Å². The fourth-order valence-corrected chi connectivity index (χ4v) is 0.732. The van der Waals surface area contributed by atoms with E-state index in [1.54, 1.807) is 7.11 Å². The van der Waals surface area contributed by atoms with E-state index in [-0.39, 0.29) is 6.10 Å². The molecule has 1 unspecified atom stereocenters. The van der Waals surface area contributed by atoms with Gasteiger partial charge in [0.25, 0.3) is 0 Å². The third kappa shape index (κ3) is 2.68. The minimum Gasteiger partial charge on any atom is -0.384 e. The van der Waals surface area contributed by atoms with Gasteiger partial charge in [0.1, 0.15) is 11.9 Å². The molecule has 0 fully saturated rings. The number of nitrogens with two attached hydrogens (primary N) is 2. The first kappa shape index (κ1) is 9.23. The monoisotopic (exact) mass is 145 g/mol. The normalized spacial score (nSPS) is 15.2. The van der Waals surface area contributed by atoms with Gasteiger partial charge in [-0.05, 0) is 6.42 Å². The summed E-state index contributed by atoms with van der Waals surface area (Å²) in [6.07, 6.45) is 1.76. The van der Waals surface area contributed by atoms with Crippen LogP contribution in [0.3, 0.4) is 0 Å². The summed E-state index contributed by atoms with van der Waals surface area (Å²) in [7, 11) is 1.60. The van der Waals surface area contributed by atoms with Gasteiger partial charge in [-0.2, -0.15) is 5.10 Å². The topological polar surface area (TPSA) is 73.6 Å².